The lowest BCUT2D eigenvalue weighted by Gasteiger charge is -2.09. The predicted octanol–water partition coefficient (Wildman–Crippen LogP) is 4.21. The van der Waals surface area contributed by atoms with Crippen LogP contribution in [0.25, 0.3) is 0 Å². The monoisotopic (exact) mass is 229 g/mol. The van der Waals surface area contributed by atoms with Gasteiger partial charge in [0.1, 0.15) is 0 Å². The maximum Gasteiger partial charge on any atom is 0.0718 e. The second kappa shape index (κ2) is 4.41. The van der Waals surface area contributed by atoms with Crippen molar-refractivity contribution in [3.8, 4) is 0 Å². The molecule has 1 aliphatic rings. The highest BCUT2D eigenvalue weighted by molar-refractivity contribution is 6.39. The molecule has 0 aliphatic heterocycles. The number of halogens is 2. The van der Waals surface area contributed by atoms with Gasteiger partial charge in [-0.1, -0.05) is 42.1 Å². The molecule has 0 heterocycles. The van der Waals surface area contributed by atoms with Gasteiger partial charge in [0.2, 0.25) is 0 Å². The largest absolute Gasteiger partial charge is 0.383 e. The van der Waals surface area contributed by atoms with E-state index in [1.807, 2.05) is 18.2 Å². The van der Waals surface area contributed by atoms with E-state index in [0.717, 1.165) is 18.2 Å². The van der Waals surface area contributed by atoms with Crippen molar-refractivity contribution in [2.45, 2.75) is 19.3 Å². The molecule has 1 N–H and O–H groups in total. The number of nitrogens with one attached hydrogen (secondary N) is 1. The number of hydrogen-bond donors (Lipinski definition) is 1. The summed E-state index contributed by atoms with van der Waals surface area (Å²) in [7, 11) is 0. The van der Waals surface area contributed by atoms with Crippen molar-refractivity contribution in [1.29, 1.82) is 0 Å². The van der Waals surface area contributed by atoms with E-state index in [9.17, 15) is 0 Å². The molecule has 76 valence electrons. The summed E-state index contributed by atoms with van der Waals surface area (Å²) in [5.41, 5.74) is 0.872. The molecule has 14 heavy (non-hydrogen) atoms. The lowest BCUT2D eigenvalue weighted by atomic mass is 10.2. The minimum Gasteiger partial charge on any atom is -0.383 e. The Bertz CT molecular complexity index is 301. The fraction of sp³-hybridized carbons (Fsp3) is 0.455. The van der Waals surface area contributed by atoms with Gasteiger partial charge in [0.15, 0.2) is 0 Å². The number of hydrogen-bond acceptors (Lipinski definition) is 1. The molecule has 0 unspecified atom stereocenters. The Hall–Kier alpha value is -0.400. The second-order valence-corrected chi connectivity index (χ2v) is 4.57. The number of anilines is 1. The first-order chi connectivity index (χ1) is 6.77. The van der Waals surface area contributed by atoms with Gasteiger partial charge in [-0.2, -0.15) is 0 Å². The Kier molecular flexibility index (Phi) is 3.19. The third-order valence-electron chi connectivity index (χ3n) is 2.51. The van der Waals surface area contributed by atoms with Crippen LogP contribution in [0, 0.1) is 5.92 Å². The van der Waals surface area contributed by atoms with Crippen LogP contribution in [0.4, 0.5) is 5.69 Å². The van der Waals surface area contributed by atoms with E-state index in [1.54, 1.807) is 0 Å². The van der Waals surface area contributed by atoms with Gasteiger partial charge in [-0.15, -0.1) is 0 Å². The Morgan fingerprint density at radius 1 is 1.21 bits per heavy atom. The topological polar surface area (TPSA) is 12.0 Å². The van der Waals surface area contributed by atoms with Crippen molar-refractivity contribution in [2.24, 2.45) is 5.92 Å². The highest BCUT2D eigenvalue weighted by Crippen LogP contribution is 2.33. The van der Waals surface area contributed by atoms with Crippen LogP contribution in [0.3, 0.4) is 0 Å². The summed E-state index contributed by atoms with van der Waals surface area (Å²) in [6, 6.07) is 5.57. The SMILES string of the molecule is Clc1cccc(Cl)c1NCCC1CC1. The van der Waals surface area contributed by atoms with E-state index in [4.69, 9.17) is 23.2 Å². The Labute approximate surface area is 94.4 Å². The highest BCUT2D eigenvalue weighted by Gasteiger charge is 2.20. The maximum atomic E-state index is 6.01. The van der Waals surface area contributed by atoms with Crippen LogP contribution < -0.4 is 5.32 Å². The smallest absolute Gasteiger partial charge is 0.0718 e. The highest BCUT2D eigenvalue weighted by atomic mass is 35.5. The van der Waals surface area contributed by atoms with Crippen LogP contribution in [0.1, 0.15) is 19.3 Å². The van der Waals surface area contributed by atoms with Gasteiger partial charge in [0.25, 0.3) is 0 Å². The van der Waals surface area contributed by atoms with Gasteiger partial charge in [0, 0.05) is 6.54 Å². The molecule has 1 fully saturated rings. The summed E-state index contributed by atoms with van der Waals surface area (Å²) in [5, 5.41) is 4.69. The van der Waals surface area contributed by atoms with Crippen molar-refractivity contribution in [2.75, 3.05) is 11.9 Å². The van der Waals surface area contributed by atoms with E-state index >= 15 is 0 Å². The van der Waals surface area contributed by atoms with Gasteiger partial charge < -0.3 is 5.32 Å². The lowest BCUT2D eigenvalue weighted by Crippen LogP contribution is -2.03. The van der Waals surface area contributed by atoms with E-state index in [-0.39, 0.29) is 0 Å². The summed E-state index contributed by atoms with van der Waals surface area (Å²) in [6.45, 7) is 0.966. The molecule has 1 aromatic carbocycles. The molecular formula is C11H13Cl2N. The second-order valence-electron chi connectivity index (χ2n) is 3.76. The average Bonchev–Trinajstić information content (AvgIpc) is 2.94. The molecule has 3 heteroatoms. The van der Waals surface area contributed by atoms with Gasteiger partial charge in [0.05, 0.1) is 15.7 Å². The van der Waals surface area contributed by atoms with Crippen molar-refractivity contribution >= 4 is 28.9 Å². The van der Waals surface area contributed by atoms with Crippen molar-refractivity contribution in [3.63, 3.8) is 0 Å². The first kappa shape index (κ1) is 10.1. The van der Waals surface area contributed by atoms with Gasteiger partial charge in [-0.25, -0.2) is 0 Å². The molecule has 0 aromatic heterocycles. The first-order valence-electron chi connectivity index (χ1n) is 4.95. The fourth-order valence-electron chi connectivity index (χ4n) is 1.47. The number of benzene rings is 1. The van der Waals surface area contributed by atoms with Crippen molar-refractivity contribution in [3.05, 3.63) is 28.2 Å². The molecule has 0 bridgehead atoms. The summed E-state index contributed by atoms with van der Waals surface area (Å²) in [6.07, 6.45) is 4.00. The summed E-state index contributed by atoms with van der Waals surface area (Å²) in [5.74, 6) is 0.934. The first-order valence-corrected chi connectivity index (χ1v) is 5.71. The fourth-order valence-corrected chi connectivity index (χ4v) is 2.01. The van der Waals surface area contributed by atoms with Crippen LogP contribution in [0.2, 0.25) is 10.0 Å². The van der Waals surface area contributed by atoms with Gasteiger partial charge in [-0.05, 0) is 24.5 Å². The summed E-state index contributed by atoms with van der Waals surface area (Å²) < 4.78 is 0. The van der Waals surface area contributed by atoms with Crippen LogP contribution in [0.15, 0.2) is 18.2 Å². The minimum atomic E-state index is 0.702. The van der Waals surface area contributed by atoms with Gasteiger partial charge >= 0.3 is 0 Å². The molecule has 1 aromatic rings. The normalized spacial score (nSPS) is 15.6. The van der Waals surface area contributed by atoms with E-state index in [0.29, 0.717) is 10.0 Å². The molecule has 0 saturated heterocycles. The zero-order chi connectivity index (χ0) is 9.97. The quantitative estimate of drug-likeness (QED) is 0.817. The Balaban J connectivity index is 1.92. The molecule has 0 amide bonds. The zero-order valence-corrected chi connectivity index (χ0v) is 9.41. The van der Waals surface area contributed by atoms with E-state index < -0.39 is 0 Å². The molecule has 0 radical (unpaired) electrons. The summed E-state index contributed by atoms with van der Waals surface area (Å²) >= 11 is 12.0. The zero-order valence-electron chi connectivity index (χ0n) is 7.89. The summed E-state index contributed by atoms with van der Waals surface area (Å²) in [4.78, 5) is 0. The third kappa shape index (κ3) is 2.55. The van der Waals surface area contributed by atoms with Crippen LogP contribution in [0.5, 0.6) is 0 Å². The average molecular weight is 230 g/mol. The minimum absolute atomic E-state index is 0.702. The third-order valence-corrected chi connectivity index (χ3v) is 3.14. The molecule has 1 nitrogen and oxygen atoms in total. The van der Waals surface area contributed by atoms with E-state index in [1.165, 1.54) is 19.3 Å². The van der Waals surface area contributed by atoms with Crippen molar-refractivity contribution < 1.29 is 0 Å². The lowest BCUT2D eigenvalue weighted by molar-refractivity contribution is 0.760. The maximum absolute atomic E-state index is 6.01. The Morgan fingerprint density at radius 2 is 1.86 bits per heavy atom. The molecule has 1 aliphatic carbocycles. The predicted molar refractivity (Wildman–Crippen MR) is 62.3 cm³/mol. The molecule has 2 rings (SSSR count). The molecule has 0 atom stereocenters. The Morgan fingerprint density at radius 3 is 2.43 bits per heavy atom. The molecular weight excluding hydrogens is 217 g/mol. The van der Waals surface area contributed by atoms with Gasteiger partial charge in [-0.3, -0.25) is 0 Å². The molecule has 0 spiro atoms. The van der Waals surface area contributed by atoms with Crippen LogP contribution in [-0.2, 0) is 0 Å². The standard InChI is InChI=1S/C11H13Cl2N/c12-9-2-1-3-10(13)11(9)14-7-6-8-4-5-8/h1-3,8,14H,4-7H2. The number of para-hydroxylation sites is 1. The van der Waals surface area contributed by atoms with E-state index in [2.05, 4.69) is 5.32 Å². The van der Waals surface area contributed by atoms with Crippen molar-refractivity contribution in [1.82, 2.24) is 0 Å². The number of rotatable bonds is 4. The van der Waals surface area contributed by atoms with Crippen LogP contribution >= 0.6 is 23.2 Å². The molecule has 1 saturated carbocycles. The van der Waals surface area contributed by atoms with Crippen LogP contribution in [-0.4, -0.2) is 6.54 Å².